The maximum atomic E-state index is 10.6. The van der Waals surface area contributed by atoms with Gasteiger partial charge in [0.2, 0.25) is 11.8 Å². The Bertz CT molecular complexity index is 869. The smallest absolute Gasteiger partial charge is 0.223 e. The normalized spacial score (nSPS) is 14.4. The lowest BCUT2D eigenvalue weighted by atomic mass is 10.2. The van der Waals surface area contributed by atoms with E-state index in [0.29, 0.717) is 11.4 Å². The minimum Gasteiger partial charge on any atom is -0.494 e. The van der Waals surface area contributed by atoms with Crippen molar-refractivity contribution in [1.29, 1.82) is 0 Å². The van der Waals surface area contributed by atoms with Crippen molar-refractivity contribution in [3.8, 4) is 17.4 Å². The van der Waals surface area contributed by atoms with E-state index in [1.807, 2.05) is 54.6 Å². The third-order valence-electron chi connectivity index (χ3n) is 4.49. The van der Waals surface area contributed by atoms with Crippen LogP contribution in [0.3, 0.4) is 0 Å². The van der Waals surface area contributed by atoms with Crippen LogP contribution >= 0.6 is 0 Å². The second-order valence-corrected chi connectivity index (χ2v) is 6.18. The number of hydrogen-bond donors (Lipinski definition) is 3. The number of benzene rings is 2. The fourth-order valence-electron chi connectivity index (χ4n) is 3.14. The third-order valence-corrected chi connectivity index (χ3v) is 4.49. The average molecular weight is 351 g/mol. The number of aromatic nitrogens is 1. The molecule has 6 nitrogen and oxygen atoms in total. The molecule has 0 saturated carbocycles. The summed E-state index contributed by atoms with van der Waals surface area (Å²) in [6.07, 6.45) is 0. The molecule has 4 rings (SSSR count). The van der Waals surface area contributed by atoms with Crippen LogP contribution < -0.4 is 10.2 Å². The monoisotopic (exact) mass is 351 g/mol. The van der Waals surface area contributed by atoms with Crippen molar-refractivity contribution in [1.82, 2.24) is 4.57 Å². The fraction of sp³-hybridized carbons (Fsp3) is 0.200. The first-order valence-corrected chi connectivity index (χ1v) is 8.61. The largest absolute Gasteiger partial charge is 0.494 e. The minimum absolute atomic E-state index is 0.0277. The van der Waals surface area contributed by atoms with Crippen molar-refractivity contribution in [2.45, 2.75) is 0 Å². The standard InChI is InChI=1S/C20H21N3O3/c24-19-14-18(21-15-4-2-1-3-5-15)20(25)23(19)17-8-6-16(7-9-17)22-10-12-26-13-11-22/h1-9,14,21,24-25H,10-13H2. The van der Waals surface area contributed by atoms with Crippen LogP contribution in [-0.2, 0) is 4.74 Å². The van der Waals surface area contributed by atoms with Crippen LogP contribution in [0.1, 0.15) is 0 Å². The van der Waals surface area contributed by atoms with Crippen LogP contribution in [0.2, 0.25) is 0 Å². The zero-order valence-corrected chi connectivity index (χ0v) is 14.3. The van der Waals surface area contributed by atoms with Gasteiger partial charge in [0.1, 0.15) is 5.69 Å². The van der Waals surface area contributed by atoms with Crippen molar-refractivity contribution < 1.29 is 14.9 Å². The Morgan fingerprint density at radius 1 is 0.846 bits per heavy atom. The highest BCUT2D eigenvalue weighted by atomic mass is 16.5. The first-order valence-electron chi connectivity index (χ1n) is 8.61. The molecule has 26 heavy (non-hydrogen) atoms. The number of nitrogens with one attached hydrogen (secondary N) is 1. The summed E-state index contributed by atoms with van der Waals surface area (Å²) in [7, 11) is 0. The van der Waals surface area contributed by atoms with Crippen LogP contribution in [0.25, 0.3) is 5.69 Å². The average Bonchev–Trinajstić information content (AvgIpc) is 2.97. The van der Waals surface area contributed by atoms with Crippen molar-refractivity contribution in [3.63, 3.8) is 0 Å². The van der Waals surface area contributed by atoms with Gasteiger partial charge in [0.25, 0.3) is 0 Å². The van der Waals surface area contributed by atoms with E-state index in [0.717, 1.165) is 37.7 Å². The molecule has 6 heteroatoms. The second-order valence-electron chi connectivity index (χ2n) is 6.18. The summed E-state index contributed by atoms with van der Waals surface area (Å²) in [6.45, 7) is 3.19. The lowest BCUT2D eigenvalue weighted by Crippen LogP contribution is -2.36. The molecule has 0 aliphatic carbocycles. The molecule has 1 fully saturated rings. The van der Waals surface area contributed by atoms with Gasteiger partial charge in [-0.15, -0.1) is 0 Å². The number of anilines is 3. The van der Waals surface area contributed by atoms with E-state index in [9.17, 15) is 10.2 Å². The number of rotatable bonds is 4. The minimum atomic E-state index is -0.0366. The van der Waals surface area contributed by atoms with E-state index in [1.54, 1.807) is 0 Å². The number of morpholine rings is 1. The molecule has 0 atom stereocenters. The fourth-order valence-corrected chi connectivity index (χ4v) is 3.14. The summed E-state index contributed by atoms with van der Waals surface area (Å²) < 4.78 is 6.79. The zero-order valence-electron chi connectivity index (χ0n) is 14.3. The van der Waals surface area contributed by atoms with Gasteiger partial charge >= 0.3 is 0 Å². The lowest BCUT2D eigenvalue weighted by Gasteiger charge is -2.29. The zero-order chi connectivity index (χ0) is 17.9. The van der Waals surface area contributed by atoms with E-state index in [1.165, 1.54) is 10.6 Å². The van der Waals surface area contributed by atoms with E-state index < -0.39 is 0 Å². The molecule has 1 aliphatic rings. The molecule has 1 saturated heterocycles. The summed E-state index contributed by atoms with van der Waals surface area (Å²) in [6, 6.07) is 18.8. The first-order chi connectivity index (χ1) is 12.7. The van der Waals surface area contributed by atoms with Crippen LogP contribution in [-0.4, -0.2) is 41.1 Å². The van der Waals surface area contributed by atoms with Crippen LogP contribution in [0.15, 0.2) is 60.7 Å². The van der Waals surface area contributed by atoms with Crippen molar-refractivity contribution >= 4 is 17.1 Å². The number of hydrogen-bond acceptors (Lipinski definition) is 5. The van der Waals surface area contributed by atoms with Gasteiger partial charge in [-0.2, -0.15) is 0 Å². The topological polar surface area (TPSA) is 69.9 Å². The summed E-state index contributed by atoms with van der Waals surface area (Å²) in [5, 5.41) is 24.0. The Hall–Kier alpha value is -3.12. The summed E-state index contributed by atoms with van der Waals surface area (Å²) in [4.78, 5) is 2.26. The number of nitrogens with zero attached hydrogens (tertiary/aromatic N) is 2. The number of aromatic hydroxyl groups is 2. The third kappa shape index (κ3) is 3.19. The number of ether oxygens (including phenoxy) is 1. The van der Waals surface area contributed by atoms with Crippen LogP contribution in [0, 0.1) is 0 Å². The first kappa shape index (κ1) is 16.4. The molecule has 1 aliphatic heterocycles. The van der Waals surface area contributed by atoms with E-state index >= 15 is 0 Å². The van der Waals surface area contributed by atoms with Crippen LogP contribution in [0.5, 0.6) is 11.8 Å². The summed E-state index contributed by atoms with van der Waals surface area (Å²) in [5.74, 6) is -0.0643. The molecular weight excluding hydrogens is 330 g/mol. The van der Waals surface area contributed by atoms with Crippen molar-refractivity contribution in [2.24, 2.45) is 0 Å². The molecule has 0 amide bonds. The van der Waals surface area contributed by atoms with E-state index in [2.05, 4.69) is 10.2 Å². The van der Waals surface area contributed by atoms with Gasteiger partial charge in [0.15, 0.2) is 0 Å². The quantitative estimate of drug-likeness (QED) is 0.671. The summed E-state index contributed by atoms with van der Waals surface area (Å²) >= 11 is 0. The molecule has 0 radical (unpaired) electrons. The molecular formula is C20H21N3O3. The Kier molecular flexibility index (Phi) is 4.41. The maximum Gasteiger partial charge on any atom is 0.223 e. The molecule has 134 valence electrons. The molecule has 3 aromatic rings. The van der Waals surface area contributed by atoms with Gasteiger partial charge < -0.3 is 25.2 Å². The Balaban J connectivity index is 1.59. The van der Waals surface area contributed by atoms with E-state index in [4.69, 9.17) is 4.74 Å². The summed E-state index contributed by atoms with van der Waals surface area (Å²) in [5.41, 5.74) is 3.08. The van der Waals surface area contributed by atoms with Gasteiger partial charge in [-0.1, -0.05) is 18.2 Å². The molecule has 0 unspecified atom stereocenters. The van der Waals surface area contributed by atoms with Gasteiger partial charge in [0, 0.05) is 30.5 Å². The molecule has 3 N–H and O–H groups in total. The second kappa shape index (κ2) is 7.01. The van der Waals surface area contributed by atoms with E-state index in [-0.39, 0.29) is 11.8 Å². The van der Waals surface area contributed by atoms with Crippen molar-refractivity contribution in [3.05, 3.63) is 60.7 Å². The lowest BCUT2D eigenvalue weighted by molar-refractivity contribution is 0.122. The maximum absolute atomic E-state index is 10.6. The Morgan fingerprint density at radius 3 is 2.19 bits per heavy atom. The SMILES string of the molecule is Oc1cc(Nc2ccccc2)c(O)n1-c1ccc(N2CCOCC2)cc1. The molecule has 2 heterocycles. The molecule has 1 aromatic heterocycles. The number of para-hydroxylation sites is 1. The predicted molar refractivity (Wildman–Crippen MR) is 102 cm³/mol. The van der Waals surface area contributed by atoms with Gasteiger partial charge in [-0.3, -0.25) is 0 Å². The van der Waals surface area contributed by atoms with Gasteiger partial charge in [0.05, 0.1) is 18.9 Å². The molecule has 0 spiro atoms. The highest BCUT2D eigenvalue weighted by Crippen LogP contribution is 2.37. The highest BCUT2D eigenvalue weighted by Gasteiger charge is 2.17. The highest BCUT2D eigenvalue weighted by molar-refractivity contribution is 5.69. The van der Waals surface area contributed by atoms with Crippen LogP contribution in [0.4, 0.5) is 17.1 Å². The van der Waals surface area contributed by atoms with Gasteiger partial charge in [-0.25, -0.2) is 4.57 Å². The van der Waals surface area contributed by atoms with Crippen molar-refractivity contribution in [2.75, 3.05) is 36.5 Å². The molecule has 0 bridgehead atoms. The Morgan fingerprint density at radius 2 is 1.50 bits per heavy atom. The molecule has 2 aromatic carbocycles. The van der Waals surface area contributed by atoms with Gasteiger partial charge in [-0.05, 0) is 36.4 Å². The Labute approximate surface area is 151 Å². The predicted octanol–water partition coefficient (Wildman–Crippen LogP) is 3.47.